The average molecular weight is 400 g/mol. The summed E-state index contributed by atoms with van der Waals surface area (Å²) in [5, 5.41) is 23.5. The van der Waals surface area contributed by atoms with Gasteiger partial charge in [0, 0.05) is 22.0 Å². The van der Waals surface area contributed by atoms with Gasteiger partial charge in [0.05, 0.1) is 5.56 Å². The molecule has 0 atom stereocenters. The number of aromatic carboxylic acids is 1. The predicted octanol–water partition coefficient (Wildman–Crippen LogP) is 3.91. The van der Waals surface area contributed by atoms with Gasteiger partial charge in [-0.15, -0.1) is 0 Å². The molecule has 0 aliphatic rings. The molecule has 3 N–H and O–H groups in total. The highest BCUT2D eigenvalue weighted by molar-refractivity contribution is 9.10. The molecule has 0 spiro atoms. The van der Waals surface area contributed by atoms with Gasteiger partial charge in [-0.25, -0.2) is 4.79 Å². The molecule has 0 bridgehead atoms. The van der Waals surface area contributed by atoms with E-state index in [9.17, 15) is 9.59 Å². The van der Waals surface area contributed by atoms with Crippen molar-refractivity contribution >= 4 is 39.2 Å². The molecule has 1 amide bonds. The molecular weight excluding hydrogens is 386 g/mol. The fourth-order valence-electron chi connectivity index (χ4n) is 1.93. The van der Waals surface area contributed by atoms with Gasteiger partial charge in [-0.3, -0.25) is 4.79 Å². The molecular formula is C18H14BrN3O3. The van der Waals surface area contributed by atoms with E-state index in [0.29, 0.717) is 5.69 Å². The van der Waals surface area contributed by atoms with Gasteiger partial charge in [-0.1, -0.05) is 15.9 Å². The summed E-state index contributed by atoms with van der Waals surface area (Å²) in [6.07, 6.45) is 1.32. The number of halogens is 1. The second kappa shape index (κ2) is 8.13. The van der Waals surface area contributed by atoms with E-state index in [1.54, 1.807) is 0 Å². The molecule has 2 aromatic carbocycles. The fraction of sp³-hybridized carbons (Fsp3) is 0.0556. The van der Waals surface area contributed by atoms with E-state index in [0.717, 1.165) is 15.7 Å². The van der Waals surface area contributed by atoms with Crippen molar-refractivity contribution in [1.29, 1.82) is 5.26 Å². The minimum atomic E-state index is -1.05. The molecule has 0 fully saturated rings. The Morgan fingerprint density at radius 3 is 2.36 bits per heavy atom. The first-order chi connectivity index (χ1) is 11.9. The number of benzene rings is 2. The standard InChI is InChI=1S/C18H14BrN3O3/c1-11-8-15(6-7-16(11)19)21-10-13(9-20)17(23)22-14-4-2-12(3-5-14)18(24)25/h2-8,10,21H,1H3,(H,22,23)(H,24,25)/b13-10-. The Morgan fingerprint density at radius 1 is 1.16 bits per heavy atom. The van der Waals surface area contributed by atoms with E-state index in [2.05, 4.69) is 26.6 Å². The summed E-state index contributed by atoms with van der Waals surface area (Å²) in [6.45, 7) is 1.93. The number of nitriles is 1. The third-order valence-corrected chi connectivity index (χ3v) is 4.19. The van der Waals surface area contributed by atoms with Gasteiger partial charge in [0.25, 0.3) is 5.91 Å². The fourth-order valence-corrected chi connectivity index (χ4v) is 2.18. The van der Waals surface area contributed by atoms with Crippen LogP contribution in [0.2, 0.25) is 0 Å². The van der Waals surface area contributed by atoms with Crippen LogP contribution >= 0.6 is 15.9 Å². The minimum Gasteiger partial charge on any atom is -0.478 e. The molecule has 0 unspecified atom stereocenters. The van der Waals surface area contributed by atoms with E-state index >= 15 is 0 Å². The number of aryl methyl sites for hydroxylation is 1. The van der Waals surface area contributed by atoms with Crippen LogP contribution in [0.25, 0.3) is 0 Å². The van der Waals surface area contributed by atoms with Crippen LogP contribution < -0.4 is 10.6 Å². The number of nitrogens with zero attached hydrogens (tertiary/aromatic N) is 1. The number of nitrogens with one attached hydrogen (secondary N) is 2. The molecule has 25 heavy (non-hydrogen) atoms. The zero-order valence-corrected chi connectivity index (χ0v) is 14.8. The monoisotopic (exact) mass is 399 g/mol. The number of amides is 1. The van der Waals surface area contributed by atoms with E-state index in [1.165, 1.54) is 30.5 Å². The van der Waals surface area contributed by atoms with Crippen molar-refractivity contribution in [3.8, 4) is 6.07 Å². The number of carboxylic acids is 1. The maximum Gasteiger partial charge on any atom is 0.335 e. The van der Waals surface area contributed by atoms with Crippen LogP contribution in [0.1, 0.15) is 15.9 Å². The number of rotatable bonds is 5. The SMILES string of the molecule is Cc1cc(N/C=C(/C#N)C(=O)Nc2ccc(C(=O)O)cc2)ccc1Br. The Bertz CT molecular complexity index is 883. The second-order valence-corrected chi connectivity index (χ2v) is 5.97. The Morgan fingerprint density at radius 2 is 1.80 bits per heavy atom. The molecule has 0 heterocycles. The zero-order valence-electron chi connectivity index (χ0n) is 13.2. The van der Waals surface area contributed by atoms with Crippen LogP contribution in [0.5, 0.6) is 0 Å². The highest BCUT2D eigenvalue weighted by atomic mass is 79.9. The van der Waals surface area contributed by atoms with Gasteiger partial charge < -0.3 is 15.7 Å². The highest BCUT2D eigenvalue weighted by Crippen LogP contribution is 2.20. The topological polar surface area (TPSA) is 102 Å². The van der Waals surface area contributed by atoms with Gasteiger partial charge in [0.1, 0.15) is 11.6 Å². The summed E-state index contributed by atoms with van der Waals surface area (Å²) in [4.78, 5) is 22.9. The summed E-state index contributed by atoms with van der Waals surface area (Å²) in [5.41, 5.74) is 2.16. The van der Waals surface area contributed by atoms with Gasteiger partial charge in [-0.05, 0) is 55.0 Å². The summed E-state index contributed by atoms with van der Waals surface area (Å²) >= 11 is 3.40. The number of carbonyl (C=O) groups is 2. The molecule has 0 aliphatic heterocycles. The Hall–Kier alpha value is -3.11. The summed E-state index contributed by atoms with van der Waals surface area (Å²) in [5.74, 6) is -1.64. The third kappa shape index (κ3) is 4.93. The summed E-state index contributed by atoms with van der Waals surface area (Å²) < 4.78 is 0.963. The summed E-state index contributed by atoms with van der Waals surface area (Å²) in [7, 11) is 0. The van der Waals surface area contributed by atoms with E-state index in [4.69, 9.17) is 10.4 Å². The van der Waals surface area contributed by atoms with E-state index in [-0.39, 0.29) is 11.1 Å². The molecule has 7 heteroatoms. The number of hydrogen-bond donors (Lipinski definition) is 3. The largest absolute Gasteiger partial charge is 0.478 e. The minimum absolute atomic E-state index is 0.108. The third-order valence-electron chi connectivity index (χ3n) is 3.30. The first-order valence-corrected chi connectivity index (χ1v) is 7.97. The molecule has 0 saturated heterocycles. The normalized spacial score (nSPS) is 10.7. The molecule has 0 radical (unpaired) electrons. The van der Waals surface area contributed by atoms with Crippen molar-refractivity contribution in [3.63, 3.8) is 0 Å². The maximum absolute atomic E-state index is 12.1. The summed E-state index contributed by atoms with van der Waals surface area (Å²) in [6, 6.07) is 13.0. The molecule has 2 aromatic rings. The van der Waals surface area contributed by atoms with Crippen molar-refractivity contribution in [1.82, 2.24) is 0 Å². The van der Waals surface area contributed by atoms with Crippen molar-refractivity contribution in [2.75, 3.05) is 10.6 Å². The Labute approximate surface area is 152 Å². The molecule has 0 aliphatic carbocycles. The molecule has 0 aromatic heterocycles. The lowest BCUT2D eigenvalue weighted by Gasteiger charge is -2.06. The van der Waals surface area contributed by atoms with E-state index in [1.807, 2.05) is 31.2 Å². The first kappa shape index (κ1) is 18.2. The maximum atomic E-state index is 12.1. The van der Waals surface area contributed by atoms with Crippen LogP contribution in [0, 0.1) is 18.3 Å². The average Bonchev–Trinajstić information content (AvgIpc) is 2.59. The number of carboxylic acid groups (broad SMARTS) is 1. The molecule has 126 valence electrons. The zero-order chi connectivity index (χ0) is 18.4. The van der Waals surface area contributed by atoms with Gasteiger partial charge >= 0.3 is 5.97 Å². The van der Waals surface area contributed by atoms with Crippen molar-refractivity contribution in [3.05, 3.63) is 69.8 Å². The molecule has 0 saturated carbocycles. The van der Waals surface area contributed by atoms with Crippen LogP contribution in [0.15, 0.2) is 58.7 Å². The van der Waals surface area contributed by atoms with Crippen LogP contribution in [-0.4, -0.2) is 17.0 Å². The number of carbonyl (C=O) groups excluding carboxylic acids is 1. The molecule has 2 rings (SSSR count). The quantitative estimate of drug-likeness (QED) is 0.522. The lowest BCUT2D eigenvalue weighted by molar-refractivity contribution is -0.112. The number of anilines is 2. The smallest absolute Gasteiger partial charge is 0.335 e. The Balaban J connectivity index is 2.08. The first-order valence-electron chi connectivity index (χ1n) is 7.18. The predicted molar refractivity (Wildman–Crippen MR) is 98.2 cm³/mol. The van der Waals surface area contributed by atoms with Gasteiger partial charge in [-0.2, -0.15) is 5.26 Å². The highest BCUT2D eigenvalue weighted by Gasteiger charge is 2.10. The number of hydrogen-bond acceptors (Lipinski definition) is 4. The van der Waals surface area contributed by atoms with E-state index < -0.39 is 11.9 Å². The van der Waals surface area contributed by atoms with Crippen LogP contribution in [-0.2, 0) is 4.79 Å². The van der Waals surface area contributed by atoms with Crippen molar-refractivity contribution in [2.24, 2.45) is 0 Å². The lowest BCUT2D eigenvalue weighted by atomic mass is 10.2. The van der Waals surface area contributed by atoms with Gasteiger partial charge in [0.15, 0.2) is 0 Å². The molecule has 6 nitrogen and oxygen atoms in total. The van der Waals surface area contributed by atoms with Gasteiger partial charge in [0.2, 0.25) is 0 Å². The Kier molecular flexibility index (Phi) is 5.93. The van der Waals surface area contributed by atoms with Crippen LogP contribution in [0.3, 0.4) is 0 Å². The van der Waals surface area contributed by atoms with Crippen molar-refractivity contribution in [2.45, 2.75) is 6.92 Å². The lowest BCUT2D eigenvalue weighted by Crippen LogP contribution is -2.14. The second-order valence-electron chi connectivity index (χ2n) is 5.11. The van der Waals surface area contributed by atoms with Crippen molar-refractivity contribution < 1.29 is 14.7 Å². The van der Waals surface area contributed by atoms with Crippen LogP contribution in [0.4, 0.5) is 11.4 Å².